The zero-order chi connectivity index (χ0) is 17.8. The van der Waals surface area contributed by atoms with Crippen molar-refractivity contribution < 1.29 is 23.8 Å². The van der Waals surface area contributed by atoms with E-state index in [0.717, 1.165) is 24.3 Å². The van der Waals surface area contributed by atoms with Gasteiger partial charge in [-0.2, -0.15) is 0 Å². The third-order valence-corrected chi connectivity index (χ3v) is 3.96. The highest BCUT2D eigenvalue weighted by Crippen LogP contribution is 2.29. The lowest BCUT2D eigenvalue weighted by Gasteiger charge is -2.09. The standard InChI is InChI=1S/C19H18FNO4/c20-17-9-14(19(23)24)6-7-16(17)18(22)21-15-3-1-2-13(8-15)11-25-10-12-4-5-12/h1-3,6-9,12H,4-5,10-11H2,(H,21,22)(H,23,24). The van der Waals surface area contributed by atoms with Crippen LogP contribution in [-0.2, 0) is 11.3 Å². The van der Waals surface area contributed by atoms with Gasteiger partial charge in [0.25, 0.3) is 5.91 Å². The van der Waals surface area contributed by atoms with Crippen LogP contribution in [0, 0.1) is 11.7 Å². The number of carboxylic acid groups (broad SMARTS) is 1. The summed E-state index contributed by atoms with van der Waals surface area (Å²) in [6.07, 6.45) is 2.45. The molecule has 1 aliphatic rings. The number of carbonyl (C=O) groups excluding carboxylic acids is 1. The van der Waals surface area contributed by atoms with Crippen LogP contribution in [0.2, 0.25) is 0 Å². The summed E-state index contributed by atoms with van der Waals surface area (Å²) >= 11 is 0. The van der Waals surface area contributed by atoms with E-state index in [9.17, 15) is 14.0 Å². The number of hydrogen-bond acceptors (Lipinski definition) is 3. The predicted octanol–water partition coefficient (Wildman–Crippen LogP) is 3.70. The van der Waals surface area contributed by atoms with Gasteiger partial charge in [-0.3, -0.25) is 4.79 Å². The molecule has 0 atom stereocenters. The second kappa shape index (κ2) is 7.44. The molecule has 1 saturated carbocycles. The molecule has 130 valence electrons. The van der Waals surface area contributed by atoms with Crippen molar-refractivity contribution in [2.24, 2.45) is 5.92 Å². The Kier molecular flexibility index (Phi) is 5.09. The number of carbonyl (C=O) groups is 2. The number of nitrogens with one attached hydrogen (secondary N) is 1. The number of aromatic carboxylic acids is 1. The molecule has 0 spiro atoms. The van der Waals surface area contributed by atoms with E-state index in [1.54, 1.807) is 18.2 Å². The molecule has 3 rings (SSSR count). The van der Waals surface area contributed by atoms with Crippen LogP contribution in [0.1, 0.15) is 39.1 Å². The summed E-state index contributed by atoms with van der Waals surface area (Å²) in [5.41, 5.74) is 1.03. The van der Waals surface area contributed by atoms with Crippen LogP contribution in [0.3, 0.4) is 0 Å². The van der Waals surface area contributed by atoms with E-state index < -0.39 is 17.7 Å². The molecule has 2 aromatic rings. The van der Waals surface area contributed by atoms with Crippen LogP contribution < -0.4 is 5.32 Å². The fourth-order valence-corrected chi connectivity index (χ4v) is 2.40. The van der Waals surface area contributed by atoms with Crippen molar-refractivity contribution in [1.29, 1.82) is 0 Å². The second-order valence-corrected chi connectivity index (χ2v) is 6.11. The van der Waals surface area contributed by atoms with Gasteiger partial charge in [0.15, 0.2) is 0 Å². The maximum Gasteiger partial charge on any atom is 0.335 e. The number of rotatable bonds is 7. The van der Waals surface area contributed by atoms with E-state index in [0.29, 0.717) is 18.2 Å². The Morgan fingerprint density at radius 2 is 2.00 bits per heavy atom. The SMILES string of the molecule is O=C(O)c1ccc(C(=O)Nc2cccc(COCC3CC3)c2)c(F)c1. The maximum absolute atomic E-state index is 13.9. The Balaban J connectivity index is 1.64. The molecule has 0 radical (unpaired) electrons. The zero-order valence-corrected chi connectivity index (χ0v) is 13.5. The summed E-state index contributed by atoms with van der Waals surface area (Å²) in [6, 6.07) is 10.3. The summed E-state index contributed by atoms with van der Waals surface area (Å²) in [4.78, 5) is 23.0. The fourth-order valence-electron chi connectivity index (χ4n) is 2.40. The first-order valence-electron chi connectivity index (χ1n) is 8.04. The third-order valence-electron chi connectivity index (χ3n) is 3.96. The van der Waals surface area contributed by atoms with Gasteiger partial charge in [0, 0.05) is 12.3 Å². The molecule has 5 nitrogen and oxygen atoms in total. The van der Waals surface area contributed by atoms with E-state index in [1.165, 1.54) is 18.9 Å². The average molecular weight is 343 g/mol. The van der Waals surface area contributed by atoms with Crippen molar-refractivity contribution in [3.63, 3.8) is 0 Å². The van der Waals surface area contributed by atoms with Crippen LogP contribution in [0.25, 0.3) is 0 Å². The van der Waals surface area contributed by atoms with E-state index >= 15 is 0 Å². The summed E-state index contributed by atoms with van der Waals surface area (Å²) in [5.74, 6) is -2.07. The smallest absolute Gasteiger partial charge is 0.335 e. The van der Waals surface area contributed by atoms with Crippen LogP contribution in [-0.4, -0.2) is 23.6 Å². The summed E-state index contributed by atoms with van der Waals surface area (Å²) < 4.78 is 19.6. The minimum atomic E-state index is -1.25. The van der Waals surface area contributed by atoms with Crippen molar-refractivity contribution >= 4 is 17.6 Å². The Morgan fingerprint density at radius 3 is 2.68 bits per heavy atom. The van der Waals surface area contributed by atoms with Gasteiger partial charge >= 0.3 is 5.97 Å². The summed E-state index contributed by atoms with van der Waals surface area (Å²) in [7, 11) is 0. The topological polar surface area (TPSA) is 75.6 Å². The Hall–Kier alpha value is -2.73. The third kappa shape index (κ3) is 4.64. The highest BCUT2D eigenvalue weighted by Gasteiger charge is 2.21. The number of benzene rings is 2. The van der Waals surface area contributed by atoms with Crippen LogP contribution in [0.5, 0.6) is 0 Å². The van der Waals surface area contributed by atoms with Gasteiger partial charge in [0.1, 0.15) is 5.82 Å². The molecule has 2 N–H and O–H groups in total. The molecule has 0 aromatic heterocycles. The largest absolute Gasteiger partial charge is 0.478 e. The first-order chi connectivity index (χ1) is 12.0. The van der Waals surface area contributed by atoms with E-state index in [1.807, 2.05) is 6.07 Å². The first-order valence-corrected chi connectivity index (χ1v) is 8.04. The molecule has 1 amide bonds. The number of carboxylic acids is 1. The van der Waals surface area contributed by atoms with Crippen molar-refractivity contribution in [2.75, 3.05) is 11.9 Å². The Labute approximate surface area is 144 Å². The monoisotopic (exact) mass is 343 g/mol. The van der Waals surface area contributed by atoms with Crippen molar-refractivity contribution in [3.8, 4) is 0 Å². The number of hydrogen-bond donors (Lipinski definition) is 2. The van der Waals surface area contributed by atoms with Crippen LogP contribution in [0.4, 0.5) is 10.1 Å². The molecule has 0 unspecified atom stereocenters. The molecule has 1 aliphatic carbocycles. The van der Waals surface area contributed by atoms with Crippen molar-refractivity contribution in [1.82, 2.24) is 0 Å². The lowest BCUT2D eigenvalue weighted by Crippen LogP contribution is -2.14. The minimum absolute atomic E-state index is 0.205. The fraction of sp³-hybridized carbons (Fsp3) is 0.263. The van der Waals surface area contributed by atoms with Crippen molar-refractivity contribution in [2.45, 2.75) is 19.4 Å². The lowest BCUT2D eigenvalue weighted by atomic mass is 10.1. The Bertz CT molecular complexity index is 802. The van der Waals surface area contributed by atoms with Crippen LogP contribution in [0.15, 0.2) is 42.5 Å². The number of halogens is 1. The molecule has 1 fully saturated rings. The van der Waals surface area contributed by atoms with E-state index in [-0.39, 0.29) is 11.1 Å². The van der Waals surface area contributed by atoms with E-state index in [4.69, 9.17) is 9.84 Å². The first kappa shape index (κ1) is 17.1. The number of anilines is 1. The van der Waals surface area contributed by atoms with Gasteiger partial charge in [-0.15, -0.1) is 0 Å². The number of ether oxygens (including phenoxy) is 1. The van der Waals surface area contributed by atoms with Gasteiger partial charge < -0.3 is 15.2 Å². The van der Waals surface area contributed by atoms with Crippen molar-refractivity contribution in [3.05, 3.63) is 65.0 Å². The number of amides is 1. The van der Waals surface area contributed by atoms with Gasteiger partial charge in [0.05, 0.1) is 17.7 Å². The molecule has 0 bridgehead atoms. The molecule has 25 heavy (non-hydrogen) atoms. The normalized spacial score (nSPS) is 13.5. The van der Waals surface area contributed by atoms with E-state index in [2.05, 4.69) is 5.32 Å². The zero-order valence-electron chi connectivity index (χ0n) is 13.5. The molecular weight excluding hydrogens is 325 g/mol. The second-order valence-electron chi connectivity index (χ2n) is 6.11. The van der Waals surface area contributed by atoms with Gasteiger partial charge in [-0.25, -0.2) is 9.18 Å². The minimum Gasteiger partial charge on any atom is -0.478 e. The van der Waals surface area contributed by atoms with Gasteiger partial charge in [-0.05, 0) is 54.7 Å². The summed E-state index contributed by atoms with van der Waals surface area (Å²) in [5, 5.41) is 11.5. The summed E-state index contributed by atoms with van der Waals surface area (Å²) in [6.45, 7) is 1.21. The molecular formula is C19H18FNO4. The molecule has 2 aromatic carbocycles. The average Bonchev–Trinajstić information content (AvgIpc) is 3.39. The lowest BCUT2D eigenvalue weighted by molar-refractivity contribution is 0.0695. The molecule has 0 aliphatic heterocycles. The van der Waals surface area contributed by atoms with Gasteiger partial charge in [-0.1, -0.05) is 12.1 Å². The highest BCUT2D eigenvalue weighted by atomic mass is 19.1. The molecule has 0 saturated heterocycles. The maximum atomic E-state index is 13.9. The molecule has 6 heteroatoms. The quantitative estimate of drug-likeness (QED) is 0.804. The highest BCUT2D eigenvalue weighted by molar-refractivity contribution is 6.05. The predicted molar refractivity (Wildman–Crippen MR) is 90.1 cm³/mol. The molecule has 0 heterocycles. The Morgan fingerprint density at radius 1 is 1.20 bits per heavy atom. The van der Waals surface area contributed by atoms with Gasteiger partial charge in [0.2, 0.25) is 0 Å². The van der Waals surface area contributed by atoms with Crippen LogP contribution >= 0.6 is 0 Å².